The largest absolute Gasteiger partial charge is 0.385 e. The molecule has 1 unspecified atom stereocenters. The second-order valence-electron chi connectivity index (χ2n) is 9.03. The van der Waals surface area contributed by atoms with Crippen molar-refractivity contribution in [3.8, 4) is 0 Å². The van der Waals surface area contributed by atoms with Gasteiger partial charge in [0.15, 0.2) is 0 Å². The summed E-state index contributed by atoms with van der Waals surface area (Å²) in [4.78, 5) is 43.8. The smallest absolute Gasteiger partial charge is 0.255 e. The highest BCUT2D eigenvalue weighted by Gasteiger charge is 2.44. The molecular formula is C23H34N4O5. The van der Waals surface area contributed by atoms with E-state index in [1.807, 2.05) is 24.8 Å². The zero-order valence-corrected chi connectivity index (χ0v) is 19.3. The van der Waals surface area contributed by atoms with Crippen LogP contribution in [0.25, 0.3) is 0 Å². The molecule has 0 aliphatic carbocycles. The number of carbonyl (C=O) groups excluding carboxylic acids is 3. The van der Waals surface area contributed by atoms with Crippen LogP contribution in [0.2, 0.25) is 0 Å². The molecule has 0 saturated carbocycles. The Morgan fingerprint density at radius 2 is 1.84 bits per heavy atom. The maximum Gasteiger partial charge on any atom is 0.255 e. The van der Waals surface area contributed by atoms with Crippen LogP contribution in [0.4, 0.5) is 0 Å². The summed E-state index contributed by atoms with van der Waals surface area (Å²) in [6.45, 7) is 9.32. The van der Waals surface area contributed by atoms with Gasteiger partial charge in [-0.1, -0.05) is 0 Å². The fraction of sp³-hybridized carbons (Fsp3) is 0.696. The molecule has 0 radical (unpaired) electrons. The van der Waals surface area contributed by atoms with Crippen LogP contribution in [0, 0.1) is 19.8 Å². The van der Waals surface area contributed by atoms with Gasteiger partial charge in [0.05, 0.1) is 30.7 Å². The van der Waals surface area contributed by atoms with Gasteiger partial charge in [0.1, 0.15) is 0 Å². The number of rotatable bonds is 7. The topological polar surface area (TPSA) is 84.3 Å². The van der Waals surface area contributed by atoms with Gasteiger partial charge in [-0.25, -0.2) is 0 Å². The van der Waals surface area contributed by atoms with Crippen molar-refractivity contribution in [2.24, 2.45) is 5.92 Å². The lowest BCUT2D eigenvalue weighted by molar-refractivity contribution is -0.139. The van der Waals surface area contributed by atoms with Gasteiger partial charge in [-0.3, -0.25) is 14.4 Å². The molecule has 3 aliphatic rings. The molecule has 0 aromatic carbocycles. The highest BCUT2D eigenvalue weighted by molar-refractivity contribution is 5.96. The third-order valence-electron chi connectivity index (χ3n) is 6.95. The highest BCUT2D eigenvalue weighted by Crippen LogP contribution is 2.28. The summed E-state index contributed by atoms with van der Waals surface area (Å²) in [6.07, 6.45) is 1.16. The van der Waals surface area contributed by atoms with Crippen LogP contribution < -0.4 is 0 Å². The highest BCUT2D eigenvalue weighted by atomic mass is 16.5. The fourth-order valence-corrected chi connectivity index (χ4v) is 5.01. The van der Waals surface area contributed by atoms with Crippen molar-refractivity contribution < 1.29 is 23.9 Å². The first-order valence-electron chi connectivity index (χ1n) is 11.5. The predicted octanol–water partition coefficient (Wildman–Crippen LogP) is 0.673. The zero-order chi connectivity index (χ0) is 22.8. The van der Waals surface area contributed by atoms with Crippen LogP contribution in [0.15, 0.2) is 6.07 Å². The first kappa shape index (κ1) is 22.8. The third-order valence-corrected chi connectivity index (χ3v) is 6.95. The third kappa shape index (κ3) is 4.41. The van der Waals surface area contributed by atoms with Gasteiger partial charge in [-0.15, -0.1) is 0 Å². The Labute approximate surface area is 189 Å². The zero-order valence-electron chi connectivity index (χ0n) is 19.3. The molecule has 1 aromatic rings. The molecule has 1 aromatic heterocycles. The molecule has 3 aliphatic heterocycles. The Bertz CT molecular complexity index is 870. The van der Waals surface area contributed by atoms with E-state index in [0.717, 1.165) is 29.9 Å². The van der Waals surface area contributed by atoms with Crippen LogP contribution in [-0.4, -0.2) is 103 Å². The molecule has 1 atom stereocenters. The van der Waals surface area contributed by atoms with Gasteiger partial charge in [0.25, 0.3) is 5.91 Å². The molecule has 4 rings (SSSR count). The molecule has 9 nitrogen and oxygen atoms in total. The average molecular weight is 447 g/mol. The molecule has 176 valence electrons. The predicted molar refractivity (Wildman–Crippen MR) is 117 cm³/mol. The summed E-state index contributed by atoms with van der Waals surface area (Å²) >= 11 is 0. The van der Waals surface area contributed by atoms with Gasteiger partial charge in [0.2, 0.25) is 11.8 Å². The number of nitrogens with zero attached hydrogens (tertiary/aromatic N) is 4. The second kappa shape index (κ2) is 9.62. The lowest BCUT2D eigenvalue weighted by Crippen LogP contribution is -2.61. The Morgan fingerprint density at radius 1 is 1.12 bits per heavy atom. The average Bonchev–Trinajstić information content (AvgIpc) is 3.27. The number of carbonyl (C=O) groups is 3. The van der Waals surface area contributed by atoms with Gasteiger partial charge in [-0.2, -0.15) is 0 Å². The SMILES string of the molecule is COCCCn1c(C)cc(C(=O)N2CC(N3CC(C(=O)N4CCOCC4)CC3=O)C2)c1C. The Hall–Kier alpha value is -2.39. The summed E-state index contributed by atoms with van der Waals surface area (Å²) in [5.41, 5.74) is 2.77. The van der Waals surface area contributed by atoms with E-state index >= 15 is 0 Å². The minimum Gasteiger partial charge on any atom is -0.385 e. The van der Waals surface area contributed by atoms with Crippen molar-refractivity contribution in [1.82, 2.24) is 19.3 Å². The summed E-state index contributed by atoms with van der Waals surface area (Å²) in [5.74, 6) is -0.196. The van der Waals surface area contributed by atoms with Crippen molar-refractivity contribution in [2.75, 3.05) is 59.7 Å². The molecule has 3 fully saturated rings. The minimum atomic E-state index is -0.281. The standard InChI is InChI=1S/C23H34N4O5/c1-16-11-20(17(2)26(16)5-4-8-31-3)23(30)25-14-19(15-25)27-13-18(12-21(27)28)22(29)24-6-9-32-10-7-24/h11,18-19H,4-10,12-15H2,1-3H3. The first-order chi connectivity index (χ1) is 15.4. The van der Waals surface area contributed by atoms with E-state index < -0.39 is 0 Å². The van der Waals surface area contributed by atoms with Crippen molar-refractivity contribution in [3.63, 3.8) is 0 Å². The number of hydrogen-bond donors (Lipinski definition) is 0. The summed E-state index contributed by atoms with van der Waals surface area (Å²) < 4.78 is 12.6. The van der Waals surface area contributed by atoms with Crippen molar-refractivity contribution in [1.29, 1.82) is 0 Å². The van der Waals surface area contributed by atoms with Crippen LogP contribution >= 0.6 is 0 Å². The molecule has 4 heterocycles. The lowest BCUT2D eigenvalue weighted by atomic mass is 10.0. The molecule has 0 spiro atoms. The summed E-state index contributed by atoms with van der Waals surface area (Å²) in [7, 11) is 1.69. The number of ether oxygens (including phenoxy) is 2. The number of methoxy groups -OCH3 is 1. The van der Waals surface area contributed by atoms with Crippen molar-refractivity contribution in [2.45, 2.75) is 39.3 Å². The number of hydrogen-bond acceptors (Lipinski definition) is 5. The first-order valence-corrected chi connectivity index (χ1v) is 11.5. The lowest BCUT2D eigenvalue weighted by Gasteiger charge is -2.44. The molecule has 9 heteroatoms. The number of morpholine rings is 1. The maximum absolute atomic E-state index is 13.1. The molecule has 0 bridgehead atoms. The van der Waals surface area contributed by atoms with E-state index in [1.165, 1.54) is 0 Å². The fourth-order valence-electron chi connectivity index (χ4n) is 5.01. The summed E-state index contributed by atoms with van der Waals surface area (Å²) in [6, 6.07) is 1.95. The molecule has 3 saturated heterocycles. The number of aromatic nitrogens is 1. The van der Waals surface area contributed by atoms with Gasteiger partial charge >= 0.3 is 0 Å². The van der Waals surface area contributed by atoms with Crippen LogP contribution in [0.5, 0.6) is 0 Å². The van der Waals surface area contributed by atoms with E-state index in [0.29, 0.717) is 52.5 Å². The molecular weight excluding hydrogens is 412 g/mol. The van der Waals surface area contributed by atoms with E-state index in [1.54, 1.807) is 16.9 Å². The van der Waals surface area contributed by atoms with Crippen molar-refractivity contribution >= 4 is 17.7 Å². The Kier molecular flexibility index (Phi) is 6.85. The second-order valence-corrected chi connectivity index (χ2v) is 9.03. The molecule has 32 heavy (non-hydrogen) atoms. The molecule has 3 amide bonds. The van der Waals surface area contributed by atoms with Crippen LogP contribution in [0.3, 0.4) is 0 Å². The normalized spacial score (nSPS) is 21.9. The van der Waals surface area contributed by atoms with Crippen molar-refractivity contribution in [3.05, 3.63) is 23.0 Å². The van der Waals surface area contributed by atoms with Crippen LogP contribution in [0.1, 0.15) is 34.6 Å². The van der Waals surface area contributed by atoms with E-state index in [-0.39, 0.29) is 36.1 Å². The Morgan fingerprint density at radius 3 is 2.53 bits per heavy atom. The van der Waals surface area contributed by atoms with Gasteiger partial charge in [0, 0.05) is 70.8 Å². The van der Waals surface area contributed by atoms with E-state index in [4.69, 9.17) is 9.47 Å². The quantitative estimate of drug-likeness (QED) is 0.575. The van der Waals surface area contributed by atoms with Gasteiger partial charge < -0.3 is 28.7 Å². The monoisotopic (exact) mass is 446 g/mol. The molecule has 0 N–H and O–H groups in total. The Balaban J connectivity index is 1.32. The van der Waals surface area contributed by atoms with Gasteiger partial charge in [-0.05, 0) is 26.3 Å². The van der Waals surface area contributed by atoms with E-state index in [9.17, 15) is 14.4 Å². The number of amides is 3. The minimum absolute atomic E-state index is 0.000805. The number of likely N-dealkylation sites (tertiary alicyclic amines) is 2. The summed E-state index contributed by atoms with van der Waals surface area (Å²) in [5, 5.41) is 0. The number of aryl methyl sites for hydroxylation is 1. The van der Waals surface area contributed by atoms with E-state index in [2.05, 4.69) is 4.57 Å². The van der Waals surface area contributed by atoms with Crippen LogP contribution in [-0.2, 0) is 25.6 Å². The maximum atomic E-state index is 13.1.